The first-order valence-corrected chi connectivity index (χ1v) is 9.26. The van der Waals surface area contributed by atoms with Gasteiger partial charge in [0.05, 0.1) is 22.7 Å². The van der Waals surface area contributed by atoms with Crippen molar-refractivity contribution in [3.8, 4) is 6.07 Å². The van der Waals surface area contributed by atoms with Gasteiger partial charge in [0.2, 0.25) is 11.9 Å². The van der Waals surface area contributed by atoms with E-state index < -0.39 is 0 Å². The molecule has 142 valence electrons. The lowest BCUT2D eigenvalue weighted by atomic mass is 10.2. The predicted molar refractivity (Wildman–Crippen MR) is 113 cm³/mol. The van der Waals surface area contributed by atoms with Crippen LogP contribution in [0.5, 0.6) is 0 Å². The highest BCUT2D eigenvalue weighted by atomic mass is 16.1. The SMILES string of the molecule is N#Cc1cccc(NC(=O)Cn2c(NCc3ccccc3)nc3ccccc32)c1. The fourth-order valence-corrected chi connectivity index (χ4v) is 3.16. The Morgan fingerprint density at radius 1 is 1.00 bits per heavy atom. The molecule has 3 aromatic carbocycles. The van der Waals surface area contributed by atoms with Crippen LogP contribution in [0.3, 0.4) is 0 Å². The number of para-hydroxylation sites is 2. The summed E-state index contributed by atoms with van der Waals surface area (Å²) < 4.78 is 1.86. The van der Waals surface area contributed by atoms with E-state index >= 15 is 0 Å². The first-order chi connectivity index (χ1) is 14.2. The van der Waals surface area contributed by atoms with Crippen LogP contribution >= 0.6 is 0 Å². The molecule has 0 saturated carbocycles. The molecule has 4 rings (SSSR count). The van der Waals surface area contributed by atoms with Crippen molar-refractivity contribution in [1.82, 2.24) is 9.55 Å². The molecule has 0 fully saturated rings. The zero-order valence-electron chi connectivity index (χ0n) is 15.7. The highest BCUT2D eigenvalue weighted by Gasteiger charge is 2.14. The summed E-state index contributed by atoms with van der Waals surface area (Å²) in [6, 6.07) is 26.7. The highest BCUT2D eigenvalue weighted by molar-refractivity contribution is 5.92. The molecule has 29 heavy (non-hydrogen) atoms. The van der Waals surface area contributed by atoms with Crippen LogP contribution in [0.4, 0.5) is 11.6 Å². The molecule has 4 aromatic rings. The van der Waals surface area contributed by atoms with E-state index in [1.165, 1.54) is 0 Å². The van der Waals surface area contributed by atoms with Crippen molar-refractivity contribution in [2.75, 3.05) is 10.6 Å². The van der Waals surface area contributed by atoms with Crippen molar-refractivity contribution < 1.29 is 4.79 Å². The van der Waals surface area contributed by atoms with Gasteiger partial charge >= 0.3 is 0 Å². The van der Waals surface area contributed by atoms with Gasteiger partial charge in [0.15, 0.2) is 0 Å². The minimum absolute atomic E-state index is 0.106. The number of fused-ring (bicyclic) bond motifs is 1. The molecule has 0 spiro atoms. The van der Waals surface area contributed by atoms with E-state index in [4.69, 9.17) is 5.26 Å². The lowest BCUT2D eigenvalue weighted by Crippen LogP contribution is -2.20. The van der Waals surface area contributed by atoms with E-state index in [9.17, 15) is 4.79 Å². The molecule has 0 radical (unpaired) electrons. The van der Waals surface area contributed by atoms with Crippen molar-refractivity contribution in [2.24, 2.45) is 0 Å². The normalized spacial score (nSPS) is 10.4. The maximum Gasteiger partial charge on any atom is 0.244 e. The average Bonchev–Trinajstić information content (AvgIpc) is 3.10. The quantitative estimate of drug-likeness (QED) is 0.525. The van der Waals surface area contributed by atoms with Gasteiger partial charge in [-0.1, -0.05) is 48.5 Å². The van der Waals surface area contributed by atoms with Crippen LogP contribution in [-0.2, 0) is 17.9 Å². The van der Waals surface area contributed by atoms with E-state index in [0.29, 0.717) is 23.7 Å². The lowest BCUT2D eigenvalue weighted by Gasteiger charge is -2.11. The molecule has 0 saturated heterocycles. The third-order valence-corrected chi connectivity index (χ3v) is 4.53. The number of benzene rings is 3. The summed E-state index contributed by atoms with van der Waals surface area (Å²) in [7, 11) is 0. The van der Waals surface area contributed by atoms with E-state index in [1.807, 2.05) is 59.2 Å². The summed E-state index contributed by atoms with van der Waals surface area (Å²) in [5.74, 6) is 0.446. The molecule has 6 nitrogen and oxygen atoms in total. The van der Waals surface area contributed by atoms with E-state index in [-0.39, 0.29) is 12.5 Å². The second kappa shape index (κ2) is 8.28. The third kappa shape index (κ3) is 4.25. The summed E-state index contributed by atoms with van der Waals surface area (Å²) in [4.78, 5) is 17.3. The van der Waals surface area contributed by atoms with Gasteiger partial charge in [-0.15, -0.1) is 0 Å². The number of hydrogen-bond acceptors (Lipinski definition) is 4. The van der Waals surface area contributed by atoms with Crippen LogP contribution in [0.2, 0.25) is 0 Å². The largest absolute Gasteiger partial charge is 0.352 e. The maximum atomic E-state index is 12.7. The molecule has 0 atom stereocenters. The van der Waals surface area contributed by atoms with Gasteiger partial charge in [-0.05, 0) is 35.9 Å². The molecular formula is C23H19N5O. The number of nitrogens with one attached hydrogen (secondary N) is 2. The van der Waals surface area contributed by atoms with Gasteiger partial charge in [0.25, 0.3) is 0 Å². The Kier molecular flexibility index (Phi) is 5.21. The molecule has 0 unspecified atom stereocenters. The second-order valence-corrected chi connectivity index (χ2v) is 6.59. The minimum Gasteiger partial charge on any atom is -0.352 e. The Morgan fingerprint density at radius 2 is 1.79 bits per heavy atom. The standard InChI is InChI=1S/C23H19N5O/c24-14-18-9-6-10-19(13-18)26-22(29)16-28-21-12-5-4-11-20(21)27-23(28)25-15-17-7-2-1-3-8-17/h1-13H,15-16H2,(H,25,27)(H,26,29). The number of amides is 1. The Hall–Kier alpha value is -4.11. The first kappa shape index (κ1) is 18.3. The Morgan fingerprint density at radius 3 is 2.62 bits per heavy atom. The third-order valence-electron chi connectivity index (χ3n) is 4.53. The van der Waals surface area contributed by atoms with Crippen molar-refractivity contribution in [3.63, 3.8) is 0 Å². The van der Waals surface area contributed by atoms with Crippen molar-refractivity contribution in [3.05, 3.63) is 90.0 Å². The lowest BCUT2D eigenvalue weighted by molar-refractivity contribution is -0.116. The van der Waals surface area contributed by atoms with Crippen molar-refractivity contribution in [1.29, 1.82) is 5.26 Å². The predicted octanol–water partition coefficient (Wildman–Crippen LogP) is 4.16. The summed E-state index contributed by atoms with van der Waals surface area (Å²) in [6.45, 7) is 0.713. The van der Waals surface area contributed by atoms with Crippen LogP contribution in [-0.4, -0.2) is 15.5 Å². The van der Waals surface area contributed by atoms with Crippen LogP contribution < -0.4 is 10.6 Å². The van der Waals surface area contributed by atoms with E-state index in [2.05, 4.69) is 21.7 Å². The number of aromatic nitrogens is 2. The van der Waals surface area contributed by atoms with Gasteiger partial charge in [0, 0.05) is 12.2 Å². The Balaban J connectivity index is 1.56. The zero-order chi connectivity index (χ0) is 20.1. The van der Waals surface area contributed by atoms with Gasteiger partial charge in [0.1, 0.15) is 6.54 Å². The Labute approximate surface area is 168 Å². The van der Waals surface area contributed by atoms with Gasteiger partial charge in [-0.3, -0.25) is 4.79 Å². The summed E-state index contributed by atoms with van der Waals surface area (Å²) in [5, 5.41) is 15.2. The number of anilines is 2. The zero-order valence-corrected chi connectivity index (χ0v) is 15.7. The van der Waals surface area contributed by atoms with Crippen LogP contribution in [0.25, 0.3) is 11.0 Å². The molecule has 0 aliphatic heterocycles. The van der Waals surface area contributed by atoms with Gasteiger partial charge in [-0.25, -0.2) is 4.98 Å². The molecule has 1 heterocycles. The number of rotatable bonds is 6. The summed E-state index contributed by atoms with van der Waals surface area (Å²) >= 11 is 0. The Bertz CT molecular complexity index is 1190. The topological polar surface area (TPSA) is 82.7 Å². The summed E-state index contributed by atoms with van der Waals surface area (Å²) in [6.07, 6.45) is 0. The smallest absolute Gasteiger partial charge is 0.244 e. The molecule has 1 aromatic heterocycles. The van der Waals surface area contributed by atoms with Gasteiger partial charge in [-0.2, -0.15) is 5.26 Å². The van der Waals surface area contributed by atoms with Crippen LogP contribution in [0.15, 0.2) is 78.9 Å². The number of carbonyl (C=O) groups excluding carboxylic acids is 1. The molecule has 0 aliphatic carbocycles. The number of nitriles is 1. The maximum absolute atomic E-state index is 12.7. The number of hydrogen-bond donors (Lipinski definition) is 2. The monoisotopic (exact) mass is 381 g/mol. The average molecular weight is 381 g/mol. The molecule has 6 heteroatoms. The second-order valence-electron chi connectivity index (χ2n) is 6.59. The number of carbonyl (C=O) groups is 1. The molecule has 2 N–H and O–H groups in total. The molecule has 0 aliphatic rings. The van der Waals surface area contributed by atoms with Crippen molar-refractivity contribution in [2.45, 2.75) is 13.1 Å². The molecule has 1 amide bonds. The highest BCUT2D eigenvalue weighted by Crippen LogP contribution is 2.20. The van der Waals surface area contributed by atoms with Gasteiger partial charge < -0.3 is 15.2 Å². The molecular weight excluding hydrogens is 362 g/mol. The first-order valence-electron chi connectivity index (χ1n) is 9.26. The van der Waals surface area contributed by atoms with Crippen molar-refractivity contribution >= 4 is 28.6 Å². The fraction of sp³-hybridized carbons (Fsp3) is 0.0870. The molecule has 0 bridgehead atoms. The van der Waals surface area contributed by atoms with E-state index in [0.717, 1.165) is 16.6 Å². The number of imidazole rings is 1. The van der Waals surface area contributed by atoms with Crippen LogP contribution in [0.1, 0.15) is 11.1 Å². The number of nitrogens with zero attached hydrogens (tertiary/aromatic N) is 3. The van der Waals surface area contributed by atoms with E-state index in [1.54, 1.807) is 24.3 Å². The summed E-state index contributed by atoms with van der Waals surface area (Å²) in [5.41, 5.74) is 3.92. The minimum atomic E-state index is -0.189. The fourth-order valence-electron chi connectivity index (χ4n) is 3.16. The van der Waals surface area contributed by atoms with Crippen LogP contribution in [0, 0.1) is 11.3 Å².